The van der Waals surface area contributed by atoms with Crippen LogP contribution in [0.5, 0.6) is 0 Å². The largest absolute Gasteiger partial charge is 0.321 e. The van der Waals surface area contributed by atoms with Gasteiger partial charge >= 0.3 is 0 Å². The summed E-state index contributed by atoms with van der Waals surface area (Å²) < 4.78 is 49.0. The lowest BCUT2D eigenvalue weighted by molar-refractivity contribution is 0.103. The van der Waals surface area contributed by atoms with Crippen molar-refractivity contribution in [3.8, 4) is 0 Å². The van der Waals surface area contributed by atoms with E-state index in [2.05, 4.69) is 10.3 Å². The minimum absolute atomic E-state index is 0.126. The van der Waals surface area contributed by atoms with Crippen LogP contribution in [0.1, 0.15) is 9.67 Å². The predicted octanol–water partition coefficient (Wildman–Crippen LogP) is 4.37. The topological polar surface area (TPSA) is 76.1 Å². The van der Waals surface area contributed by atoms with E-state index in [9.17, 15) is 22.0 Å². The first kappa shape index (κ1) is 19.2. The van der Waals surface area contributed by atoms with Gasteiger partial charge in [-0.3, -0.25) is 4.79 Å². The number of anilines is 1. The zero-order valence-corrected chi connectivity index (χ0v) is 16.5. The molecule has 0 saturated carbocycles. The van der Waals surface area contributed by atoms with Gasteiger partial charge < -0.3 is 5.32 Å². The van der Waals surface area contributed by atoms with Crippen molar-refractivity contribution in [2.45, 2.75) is 15.0 Å². The van der Waals surface area contributed by atoms with Crippen LogP contribution in [-0.4, -0.2) is 37.7 Å². The minimum Gasteiger partial charge on any atom is -0.321 e. The highest BCUT2D eigenvalue weighted by Gasteiger charge is 2.16. The summed E-state index contributed by atoms with van der Waals surface area (Å²) in [6.07, 6.45) is -1.31. The molecule has 0 radical (unpaired) electrons. The SMILES string of the molecule is CS(=O)(=O)c1ccc(C(=O)Nc2ccc3nc(SCC(F)F)sc3c2)s1. The summed E-state index contributed by atoms with van der Waals surface area (Å²) in [6, 6.07) is 7.92. The predicted molar refractivity (Wildman–Crippen MR) is 102 cm³/mol. The van der Waals surface area contributed by atoms with Gasteiger partial charge in [0.05, 0.1) is 20.8 Å². The van der Waals surface area contributed by atoms with Gasteiger partial charge in [0.2, 0.25) is 6.43 Å². The van der Waals surface area contributed by atoms with Gasteiger partial charge in [0.1, 0.15) is 4.21 Å². The summed E-state index contributed by atoms with van der Waals surface area (Å²) in [5, 5.41) is 2.70. The highest BCUT2D eigenvalue weighted by molar-refractivity contribution is 8.01. The van der Waals surface area contributed by atoms with E-state index in [0.29, 0.717) is 15.5 Å². The molecule has 0 fully saturated rings. The maximum absolute atomic E-state index is 12.3. The van der Waals surface area contributed by atoms with E-state index in [1.807, 2.05) is 0 Å². The van der Waals surface area contributed by atoms with Crippen LogP contribution in [0.3, 0.4) is 0 Å². The van der Waals surface area contributed by atoms with Crippen molar-refractivity contribution in [2.75, 3.05) is 17.3 Å². The lowest BCUT2D eigenvalue weighted by Crippen LogP contribution is -2.09. The van der Waals surface area contributed by atoms with E-state index in [1.165, 1.54) is 23.5 Å². The number of hydrogen-bond donors (Lipinski definition) is 1. The van der Waals surface area contributed by atoms with Gasteiger partial charge in [0.25, 0.3) is 5.91 Å². The Bertz CT molecular complexity index is 1060. The molecule has 5 nitrogen and oxygen atoms in total. The summed E-state index contributed by atoms with van der Waals surface area (Å²) in [7, 11) is -3.35. The molecule has 0 spiro atoms. The number of nitrogens with zero attached hydrogens (tertiary/aromatic N) is 1. The molecular formula is C15H12F2N2O3S4. The van der Waals surface area contributed by atoms with Gasteiger partial charge in [-0.05, 0) is 30.3 Å². The van der Waals surface area contributed by atoms with Crippen LogP contribution in [0.2, 0.25) is 0 Å². The Morgan fingerprint density at radius 2 is 2.04 bits per heavy atom. The highest BCUT2D eigenvalue weighted by atomic mass is 32.2. The number of carbonyl (C=O) groups is 1. The van der Waals surface area contributed by atoms with Crippen molar-refractivity contribution in [3.63, 3.8) is 0 Å². The normalized spacial score (nSPS) is 12.0. The van der Waals surface area contributed by atoms with Crippen LogP contribution in [-0.2, 0) is 9.84 Å². The zero-order valence-electron chi connectivity index (χ0n) is 13.2. The number of amides is 1. The third-order valence-electron chi connectivity index (χ3n) is 3.13. The number of thiazole rings is 1. The molecule has 1 amide bonds. The molecular weight excluding hydrogens is 422 g/mol. The Balaban J connectivity index is 1.76. The van der Waals surface area contributed by atoms with E-state index in [0.717, 1.165) is 34.1 Å². The number of rotatable bonds is 6. The summed E-state index contributed by atoms with van der Waals surface area (Å²) in [4.78, 5) is 16.8. The average Bonchev–Trinajstić information content (AvgIpc) is 3.19. The van der Waals surface area contributed by atoms with E-state index in [1.54, 1.807) is 18.2 Å². The fraction of sp³-hybridized carbons (Fsp3) is 0.200. The third-order valence-corrected chi connectivity index (χ3v) is 8.21. The lowest BCUT2D eigenvalue weighted by Gasteiger charge is -2.03. The number of sulfone groups is 1. The number of carbonyl (C=O) groups excluding carboxylic acids is 1. The third kappa shape index (κ3) is 4.58. The molecule has 26 heavy (non-hydrogen) atoms. The quantitative estimate of drug-likeness (QED) is 0.583. The van der Waals surface area contributed by atoms with Crippen LogP contribution in [0, 0.1) is 0 Å². The second kappa shape index (κ2) is 7.59. The van der Waals surface area contributed by atoms with Crippen molar-refractivity contribution in [2.24, 2.45) is 0 Å². The van der Waals surface area contributed by atoms with E-state index >= 15 is 0 Å². The maximum atomic E-state index is 12.3. The fourth-order valence-corrected chi connectivity index (χ4v) is 5.71. The number of alkyl halides is 2. The number of hydrogen-bond acceptors (Lipinski definition) is 7. The number of thiophene rings is 1. The smallest absolute Gasteiger partial charge is 0.265 e. The standard InChI is InChI=1S/C15H12F2N2O3S4/c1-26(21,22)13-5-4-10(24-13)14(20)18-8-2-3-9-11(6-8)25-15(19-9)23-7-12(16)17/h2-6,12H,7H2,1H3,(H,18,20). The maximum Gasteiger partial charge on any atom is 0.265 e. The van der Waals surface area contributed by atoms with Crippen molar-refractivity contribution >= 4 is 66.1 Å². The van der Waals surface area contributed by atoms with Gasteiger partial charge in [-0.1, -0.05) is 11.8 Å². The minimum atomic E-state index is -3.35. The Morgan fingerprint density at radius 1 is 1.27 bits per heavy atom. The molecule has 0 saturated heterocycles. The molecule has 3 rings (SSSR count). The fourth-order valence-electron chi connectivity index (χ4n) is 2.01. The molecule has 0 aliphatic rings. The molecule has 3 aromatic rings. The van der Waals surface area contributed by atoms with E-state index < -0.39 is 22.2 Å². The van der Waals surface area contributed by atoms with Gasteiger partial charge in [0.15, 0.2) is 14.2 Å². The molecule has 0 atom stereocenters. The molecule has 0 bridgehead atoms. The second-order valence-electron chi connectivity index (χ2n) is 5.21. The van der Waals surface area contributed by atoms with Crippen LogP contribution < -0.4 is 5.32 Å². The number of aromatic nitrogens is 1. The first-order valence-electron chi connectivity index (χ1n) is 7.15. The first-order valence-corrected chi connectivity index (χ1v) is 11.7. The molecule has 2 heterocycles. The summed E-state index contributed by atoms with van der Waals surface area (Å²) in [5.41, 5.74) is 1.19. The molecule has 138 valence electrons. The molecule has 1 N–H and O–H groups in total. The highest BCUT2D eigenvalue weighted by Crippen LogP contribution is 2.32. The number of halogens is 2. The molecule has 2 aromatic heterocycles. The number of fused-ring (bicyclic) bond motifs is 1. The lowest BCUT2D eigenvalue weighted by atomic mass is 10.3. The summed E-state index contributed by atoms with van der Waals surface area (Å²) >= 11 is 3.17. The van der Waals surface area contributed by atoms with Gasteiger partial charge in [0, 0.05) is 11.9 Å². The van der Waals surface area contributed by atoms with E-state index in [4.69, 9.17) is 0 Å². The zero-order chi connectivity index (χ0) is 18.9. The van der Waals surface area contributed by atoms with Crippen molar-refractivity contribution in [3.05, 3.63) is 35.2 Å². The van der Waals surface area contributed by atoms with Crippen molar-refractivity contribution in [1.29, 1.82) is 0 Å². The summed E-state index contributed by atoms with van der Waals surface area (Å²) in [6.45, 7) is 0. The Labute approximate surface area is 160 Å². The van der Waals surface area contributed by atoms with Crippen LogP contribution in [0.4, 0.5) is 14.5 Å². The number of thioether (sulfide) groups is 1. The first-order chi connectivity index (χ1) is 12.2. The molecule has 1 aromatic carbocycles. The summed E-state index contributed by atoms with van der Waals surface area (Å²) in [5.74, 6) is -0.731. The molecule has 11 heteroatoms. The van der Waals surface area contributed by atoms with Crippen LogP contribution >= 0.6 is 34.4 Å². The van der Waals surface area contributed by atoms with Gasteiger partial charge in [-0.15, -0.1) is 22.7 Å². The van der Waals surface area contributed by atoms with Crippen LogP contribution in [0.15, 0.2) is 38.9 Å². The van der Waals surface area contributed by atoms with Crippen LogP contribution in [0.25, 0.3) is 10.2 Å². The van der Waals surface area contributed by atoms with E-state index in [-0.39, 0.29) is 14.8 Å². The monoisotopic (exact) mass is 434 g/mol. The molecule has 0 aliphatic heterocycles. The Morgan fingerprint density at radius 3 is 2.69 bits per heavy atom. The van der Waals surface area contributed by atoms with Crippen molar-refractivity contribution in [1.82, 2.24) is 4.98 Å². The average molecular weight is 435 g/mol. The van der Waals surface area contributed by atoms with Crippen molar-refractivity contribution < 1.29 is 22.0 Å². The van der Waals surface area contributed by atoms with Gasteiger partial charge in [-0.25, -0.2) is 22.2 Å². The Kier molecular flexibility index (Phi) is 5.61. The molecule has 0 aliphatic carbocycles. The molecule has 0 unspecified atom stereocenters. The number of nitrogens with one attached hydrogen (secondary N) is 1. The number of benzene rings is 1. The second-order valence-corrected chi connectivity index (χ2v) is 10.8. The Hall–Kier alpha value is -1.56. The van der Waals surface area contributed by atoms with Gasteiger partial charge in [-0.2, -0.15) is 0 Å².